The van der Waals surface area contributed by atoms with Crippen molar-refractivity contribution >= 4 is 11.8 Å². The van der Waals surface area contributed by atoms with E-state index in [9.17, 15) is 5.11 Å². The van der Waals surface area contributed by atoms with Crippen LogP contribution in [0.3, 0.4) is 0 Å². The molecule has 2 aromatic rings. The summed E-state index contributed by atoms with van der Waals surface area (Å²) in [6.45, 7) is 3.23. The maximum absolute atomic E-state index is 9.59. The van der Waals surface area contributed by atoms with Crippen LogP contribution in [0.5, 0.6) is 0 Å². The van der Waals surface area contributed by atoms with Crippen molar-refractivity contribution < 1.29 is 5.11 Å². The van der Waals surface area contributed by atoms with E-state index in [-0.39, 0.29) is 6.10 Å². The van der Waals surface area contributed by atoms with Crippen LogP contribution in [0.1, 0.15) is 12.8 Å². The van der Waals surface area contributed by atoms with Gasteiger partial charge >= 0.3 is 0 Å². The number of nitrogens with zero attached hydrogens (tertiary/aromatic N) is 5. The minimum Gasteiger partial charge on any atom is -0.391 e. The quantitative estimate of drug-likeness (QED) is 0.764. The van der Waals surface area contributed by atoms with Crippen LogP contribution < -0.4 is 10.2 Å². The van der Waals surface area contributed by atoms with E-state index >= 15 is 0 Å². The number of hydrogen-bond acceptors (Lipinski definition) is 6. The molecule has 112 valence electrons. The fourth-order valence-corrected chi connectivity index (χ4v) is 2.44. The van der Waals surface area contributed by atoms with Gasteiger partial charge in [-0.2, -0.15) is 4.98 Å². The number of β-amino-alcohol motifs (C(OH)–C–C–N with tert-alkyl or cyclic N) is 1. The first-order valence-electron chi connectivity index (χ1n) is 7.27. The summed E-state index contributed by atoms with van der Waals surface area (Å²) in [5.41, 5.74) is 0. The van der Waals surface area contributed by atoms with Gasteiger partial charge in [-0.3, -0.25) is 0 Å². The second kappa shape index (κ2) is 6.53. The third-order valence-corrected chi connectivity index (χ3v) is 3.56. The van der Waals surface area contributed by atoms with Gasteiger partial charge in [0.05, 0.1) is 12.4 Å². The van der Waals surface area contributed by atoms with E-state index in [2.05, 4.69) is 25.2 Å². The molecule has 0 aliphatic carbocycles. The average molecular weight is 288 g/mol. The number of nitrogens with one attached hydrogen (secondary N) is 1. The Morgan fingerprint density at radius 3 is 3.10 bits per heavy atom. The Hall–Kier alpha value is -2.15. The molecule has 3 rings (SSSR count). The molecule has 0 aromatic carbocycles. The molecule has 1 fully saturated rings. The van der Waals surface area contributed by atoms with Crippen molar-refractivity contribution in [2.75, 3.05) is 29.9 Å². The van der Waals surface area contributed by atoms with E-state index in [0.29, 0.717) is 12.5 Å². The molecule has 0 bridgehead atoms. The summed E-state index contributed by atoms with van der Waals surface area (Å²) in [6.07, 6.45) is 8.84. The molecule has 0 amide bonds. The molecule has 1 aliphatic rings. The Bertz CT molecular complexity index is 558. The van der Waals surface area contributed by atoms with Crippen LogP contribution in [0.4, 0.5) is 11.8 Å². The van der Waals surface area contributed by atoms with Crippen molar-refractivity contribution in [2.24, 2.45) is 0 Å². The van der Waals surface area contributed by atoms with Crippen molar-refractivity contribution in [3.8, 4) is 0 Å². The lowest BCUT2D eigenvalue weighted by Gasteiger charge is -2.17. The van der Waals surface area contributed by atoms with Crippen LogP contribution in [0.2, 0.25) is 0 Å². The largest absolute Gasteiger partial charge is 0.391 e. The van der Waals surface area contributed by atoms with Crippen LogP contribution in [0.25, 0.3) is 0 Å². The van der Waals surface area contributed by atoms with Gasteiger partial charge in [0.1, 0.15) is 5.82 Å². The van der Waals surface area contributed by atoms with Crippen LogP contribution in [-0.4, -0.2) is 50.4 Å². The van der Waals surface area contributed by atoms with Gasteiger partial charge in [-0.1, -0.05) is 0 Å². The smallest absolute Gasteiger partial charge is 0.224 e. The van der Waals surface area contributed by atoms with Gasteiger partial charge in [-0.05, 0) is 18.9 Å². The fraction of sp³-hybridized carbons (Fsp3) is 0.500. The summed E-state index contributed by atoms with van der Waals surface area (Å²) in [4.78, 5) is 14.8. The number of aliphatic hydroxyl groups is 1. The molecule has 1 aliphatic heterocycles. The van der Waals surface area contributed by atoms with Crippen LogP contribution in [0, 0.1) is 0 Å². The van der Waals surface area contributed by atoms with Gasteiger partial charge in [0.15, 0.2) is 0 Å². The van der Waals surface area contributed by atoms with E-state index in [1.807, 2.05) is 23.2 Å². The SMILES string of the molecule is OC1CCN(c2ccnc(NCCCn3ccnc3)n2)C1. The summed E-state index contributed by atoms with van der Waals surface area (Å²) in [5, 5.41) is 12.8. The van der Waals surface area contributed by atoms with Crippen molar-refractivity contribution in [2.45, 2.75) is 25.5 Å². The lowest BCUT2D eigenvalue weighted by molar-refractivity contribution is 0.198. The minimum atomic E-state index is -0.244. The van der Waals surface area contributed by atoms with Gasteiger partial charge in [-0.25, -0.2) is 9.97 Å². The summed E-state index contributed by atoms with van der Waals surface area (Å²) < 4.78 is 2.05. The highest BCUT2D eigenvalue weighted by molar-refractivity contribution is 5.43. The van der Waals surface area contributed by atoms with Crippen LogP contribution >= 0.6 is 0 Å². The number of aromatic nitrogens is 4. The molecule has 0 radical (unpaired) electrons. The Morgan fingerprint density at radius 2 is 2.33 bits per heavy atom. The monoisotopic (exact) mass is 288 g/mol. The molecular weight excluding hydrogens is 268 g/mol. The van der Waals surface area contributed by atoms with E-state index in [1.54, 1.807) is 12.4 Å². The average Bonchev–Trinajstić information content (AvgIpc) is 3.15. The van der Waals surface area contributed by atoms with Gasteiger partial charge < -0.3 is 19.9 Å². The van der Waals surface area contributed by atoms with Gasteiger partial charge in [0.25, 0.3) is 0 Å². The van der Waals surface area contributed by atoms with Gasteiger partial charge in [0.2, 0.25) is 5.95 Å². The first-order valence-corrected chi connectivity index (χ1v) is 7.27. The molecule has 21 heavy (non-hydrogen) atoms. The zero-order valence-electron chi connectivity index (χ0n) is 11.9. The topological polar surface area (TPSA) is 79.1 Å². The lowest BCUT2D eigenvalue weighted by Crippen LogP contribution is -2.22. The predicted octanol–water partition coefficient (Wildman–Crippen LogP) is 0.746. The third-order valence-electron chi connectivity index (χ3n) is 3.56. The molecule has 7 nitrogen and oxygen atoms in total. The molecule has 7 heteroatoms. The first-order chi connectivity index (χ1) is 10.3. The van der Waals surface area contributed by atoms with E-state index < -0.39 is 0 Å². The second-order valence-electron chi connectivity index (χ2n) is 5.21. The number of hydrogen-bond donors (Lipinski definition) is 2. The minimum absolute atomic E-state index is 0.244. The third kappa shape index (κ3) is 3.69. The maximum Gasteiger partial charge on any atom is 0.224 e. The first kappa shape index (κ1) is 13.8. The number of aliphatic hydroxyl groups excluding tert-OH is 1. The summed E-state index contributed by atoms with van der Waals surface area (Å²) in [6, 6.07) is 1.88. The number of rotatable bonds is 6. The van der Waals surface area contributed by atoms with E-state index in [4.69, 9.17) is 0 Å². The molecule has 3 heterocycles. The second-order valence-corrected chi connectivity index (χ2v) is 5.21. The molecule has 1 saturated heterocycles. The molecule has 1 atom stereocenters. The molecule has 2 aromatic heterocycles. The summed E-state index contributed by atoms with van der Waals surface area (Å²) >= 11 is 0. The number of imidazole rings is 1. The standard InChI is InChI=1S/C14H20N6O/c21-12-3-8-20(10-12)13-2-5-17-14(18-13)16-4-1-7-19-9-6-15-11-19/h2,5-6,9,11-12,21H,1,3-4,7-8,10H2,(H,16,17,18). The van der Waals surface area contributed by atoms with Crippen LogP contribution in [-0.2, 0) is 6.54 Å². The summed E-state index contributed by atoms with van der Waals surface area (Å²) in [7, 11) is 0. The highest BCUT2D eigenvalue weighted by atomic mass is 16.3. The lowest BCUT2D eigenvalue weighted by atomic mass is 10.3. The van der Waals surface area contributed by atoms with Crippen molar-refractivity contribution in [3.05, 3.63) is 31.0 Å². The van der Waals surface area contributed by atoms with Crippen molar-refractivity contribution in [1.82, 2.24) is 19.5 Å². The van der Waals surface area contributed by atoms with Crippen molar-refractivity contribution in [3.63, 3.8) is 0 Å². The number of aryl methyl sites for hydroxylation is 1. The molecular formula is C14H20N6O. The Kier molecular flexibility index (Phi) is 4.30. The molecule has 0 saturated carbocycles. The molecule has 0 spiro atoms. The maximum atomic E-state index is 9.59. The predicted molar refractivity (Wildman–Crippen MR) is 80.2 cm³/mol. The van der Waals surface area contributed by atoms with E-state index in [1.165, 1.54) is 0 Å². The Balaban J connectivity index is 1.49. The fourth-order valence-electron chi connectivity index (χ4n) is 2.44. The molecule has 2 N–H and O–H groups in total. The molecule has 1 unspecified atom stereocenters. The zero-order chi connectivity index (χ0) is 14.5. The number of anilines is 2. The van der Waals surface area contributed by atoms with Crippen molar-refractivity contribution in [1.29, 1.82) is 0 Å². The van der Waals surface area contributed by atoms with Crippen LogP contribution in [0.15, 0.2) is 31.0 Å². The van der Waals surface area contributed by atoms with Gasteiger partial charge in [-0.15, -0.1) is 0 Å². The van der Waals surface area contributed by atoms with Gasteiger partial charge in [0, 0.05) is 44.8 Å². The summed E-state index contributed by atoms with van der Waals surface area (Å²) in [5.74, 6) is 1.51. The Labute approximate surface area is 123 Å². The highest BCUT2D eigenvalue weighted by Crippen LogP contribution is 2.18. The normalized spacial score (nSPS) is 18.1. The highest BCUT2D eigenvalue weighted by Gasteiger charge is 2.21. The zero-order valence-corrected chi connectivity index (χ0v) is 11.9. The van der Waals surface area contributed by atoms with E-state index in [0.717, 1.165) is 38.3 Å². The Morgan fingerprint density at radius 1 is 1.38 bits per heavy atom.